The summed E-state index contributed by atoms with van der Waals surface area (Å²) in [7, 11) is 0. The fourth-order valence-electron chi connectivity index (χ4n) is 1.11. The Morgan fingerprint density at radius 1 is 1.22 bits per heavy atom. The van der Waals surface area contributed by atoms with E-state index in [1.165, 1.54) is 6.07 Å². The monoisotopic (exact) mass is 270 g/mol. The molecule has 4 amide bonds. The first kappa shape index (κ1) is 14.0. The smallest absolute Gasteiger partial charge is 0.317 e. The van der Waals surface area contributed by atoms with Crippen LogP contribution in [0.1, 0.15) is 24.2 Å². The van der Waals surface area contributed by atoms with Crippen LogP contribution in [0.5, 0.6) is 0 Å². The number of nitrogens with one attached hydrogen (secondary N) is 2. The molecule has 1 aromatic rings. The second kappa shape index (κ2) is 5.50. The maximum Gasteiger partial charge on any atom is 0.317 e. The van der Waals surface area contributed by atoms with Gasteiger partial charge >= 0.3 is 6.03 Å². The van der Waals surface area contributed by atoms with Crippen molar-refractivity contribution in [1.29, 1.82) is 0 Å². The Kier molecular flexibility index (Phi) is 4.27. The molecule has 0 unspecified atom stereocenters. The highest BCUT2D eigenvalue weighted by atomic mass is 32.1. The summed E-state index contributed by atoms with van der Waals surface area (Å²) in [6.45, 7) is 3.47. The predicted octanol–water partition coefficient (Wildman–Crippen LogP) is 0.932. The Morgan fingerprint density at radius 2 is 1.83 bits per heavy atom. The number of nitrogens with two attached hydrogens (primary N) is 2. The molecule has 1 aromatic heterocycles. The number of rotatable bonds is 4. The summed E-state index contributed by atoms with van der Waals surface area (Å²) >= 11 is 1.02. The third-order valence-electron chi connectivity index (χ3n) is 2.01. The zero-order valence-corrected chi connectivity index (χ0v) is 10.8. The lowest BCUT2D eigenvalue weighted by Gasteiger charge is -2.04. The topological polar surface area (TPSA) is 127 Å². The molecule has 8 heteroatoms. The van der Waals surface area contributed by atoms with E-state index in [9.17, 15) is 14.4 Å². The summed E-state index contributed by atoms with van der Waals surface area (Å²) in [5.41, 5.74) is 10.2. The van der Waals surface area contributed by atoms with Gasteiger partial charge in [-0.05, 0) is 6.07 Å². The van der Waals surface area contributed by atoms with Gasteiger partial charge in [-0.1, -0.05) is 25.2 Å². The van der Waals surface area contributed by atoms with Gasteiger partial charge in [-0.3, -0.25) is 14.9 Å². The molecule has 0 saturated carbocycles. The lowest BCUT2D eigenvalue weighted by molar-refractivity contribution is -0.118. The Labute approximate surface area is 108 Å². The van der Waals surface area contributed by atoms with Crippen LogP contribution in [0.4, 0.5) is 14.8 Å². The van der Waals surface area contributed by atoms with Crippen molar-refractivity contribution in [2.75, 3.05) is 10.6 Å². The van der Waals surface area contributed by atoms with Crippen LogP contribution in [0.25, 0.3) is 0 Å². The highest BCUT2D eigenvalue weighted by Crippen LogP contribution is 2.32. The summed E-state index contributed by atoms with van der Waals surface area (Å²) in [5, 5.41) is 5.53. The van der Waals surface area contributed by atoms with Crippen molar-refractivity contribution in [2.24, 2.45) is 17.4 Å². The highest BCUT2D eigenvalue weighted by molar-refractivity contribution is 7.20. The Morgan fingerprint density at radius 3 is 2.28 bits per heavy atom. The minimum absolute atomic E-state index is 0.109. The molecule has 0 fully saturated rings. The van der Waals surface area contributed by atoms with Crippen LogP contribution in [0.3, 0.4) is 0 Å². The Balaban J connectivity index is 2.98. The number of hydrogen-bond acceptors (Lipinski definition) is 4. The van der Waals surface area contributed by atoms with Gasteiger partial charge in [-0.25, -0.2) is 4.79 Å². The maximum absolute atomic E-state index is 11.5. The van der Waals surface area contributed by atoms with Gasteiger partial charge in [-0.2, -0.15) is 0 Å². The van der Waals surface area contributed by atoms with E-state index >= 15 is 0 Å². The SMILES string of the molecule is CC(C)C(=O)Nc1cc(C(N)=O)c(NC(N)=O)s1. The zero-order valence-electron chi connectivity index (χ0n) is 9.94. The van der Waals surface area contributed by atoms with Gasteiger partial charge in [0.2, 0.25) is 5.91 Å². The lowest BCUT2D eigenvalue weighted by atomic mass is 10.2. The van der Waals surface area contributed by atoms with Gasteiger partial charge in [0.1, 0.15) is 5.00 Å². The Hall–Kier alpha value is -2.09. The molecular weight excluding hydrogens is 256 g/mol. The standard InChI is InChI=1S/C10H14N4O3S/c1-4(2)8(16)13-6-3-5(7(11)15)9(18-6)14-10(12)17/h3-4H,1-2H3,(H2,11,15)(H,13,16)(H3,12,14,17). The lowest BCUT2D eigenvalue weighted by Crippen LogP contribution is -2.21. The summed E-state index contributed by atoms with van der Waals surface area (Å²) in [4.78, 5) is 33.4. The van der Waals surface area contributed by atoms with Crippen LogP contribution in [0.15, 0.2) is 6.07 Å². The molecule has 0 aliphatic rings. The first-order valence-electron chi connectivity index (χ1n) is 5.12. The predicted molar refractivity (Wildman–Crippen MR) is 69.5 cm³/mol. The van der Waals surface area contributed by atoms with Crippen molar-refractivity contribution in [1.82, 2.24) is 0 Å². The minimum atomic E-state index is -0.805. The van der Waals surface area contributed by atoms with Gasteiger partial charge in [0.05, 0.1) is 10.6 Å². The number of hydrogen-bond donors (Lipinski definition) is 4. The van der Waals surface area contributed by atoms with E-state index in [0.29, 0.717) is 5.00 Å². The van der Waals surface area contributed by atoms with Gasteiger partial charge in [-0.15, -0.1) is 0 Å². The fourth-order valence-corrected chi connectivity index (χ4v) is 2.08. The van der Waals surface area contributed by atoms with E-state index in [-0.39, 0.29) is 22.4 Å². The molecule has 1 rings (SSSR count). The van der Waals surface area contributed by atoms with Gasteiger partial charge in [0, 0.05) is 5.92 Å². The molecule has 0 spiro atoms. The number of urea groups is 1. The molecule has 0 aliphatic heterocycles. The van der Waals surface area contributed by atoms with E-state index in [1.807, 2.05) is 0 Å². The summed E-state index contributed by atoms with van der Waals surface area (Å²) in [6.07, 6.45) is 0. The van der Waals surface area contributed by atoms with Crippen molar-refractivity contribution in [3.05, 3.63) is 11.6 Å². The van der Waals surface area contributed by atoms with Crippen molar-refractivity contribution >= 4 is 39.2 Å². The van der Waals surface area contributed by atoms with Gasteiger partial charge in [0.25, 0.3) is 5.91 Å². The number of carbonyl (C=O) groups is 3. The van der Waals surface area contributed by atoms with Crippen LogP contribution in [0, 0.1) is 5.92 Å². The van der Waals surface area contributed by atoms with Crippen molar-refractivity contribution in [3.63, 3.8) is 0 Å². The Bertz CT molecular complexity index is 495. The summed E-state index contributed by atoms with van der Waals surface area (Å²) < 4.78 is 0. The largest absolute Gasteiger partial charge is 0.366 e. The van der Waals surface area contributed by atoms with Crippen LogP contribution < -0.4 is 22.1 Å². The molecule has 0 saturated heterocycles. The molecule has 0 bridgehead atoms. The number of primary amides is 2. The number of thiophene rings is 1. The van der Waals surface area contributed by atoms with E-state index in [4.69, 9.17) is 11.5 Å². The molecule has 18 heavy (non-hydrogen) atoms. The molecule has 98 valence electrons. The van der Waals surface area contributed by atoms with E-state index in [2.05, 4.69) is 10.6 Å². The number of amides is 4. The molecule has 7 nitrogen and oxygen atoms in total. The normalized spacial score (nSPS) is 10.2. The van der Waals surface area contributed by atoms with Crippen LogP contribution >= 0.6 is 11.3 Å². The van der Waals surface area contributed by atoms with Crippen molar-refractivity contribution in [3.8, 4) is 0 Å². The third-order valence-corrected chi connectivity index (χ3v) is 2.97. The van der Waals surface area contributed by atoms with Crippen LogP contribution in [-0.2, 0) is 4.79 Å². The highest BCUT2D eigenvalue weighted by Gasteiger charge is 2.17. The molecule has 1 heterocycles. The molecule has 0 atom stereocenters. The van der Waals surface area contributed by atoms with Crippen LogP contribution in [0.2, 0.25) is 0 Å². The van der Waals surface area contributed by atoms with E-state index < -0.39 is 11.9 Å². The number of carbonyl (C=O) groups excluding carboxylic acids is 3. The first-order chi connectivity index (χ1) is 8.31. The average Bonchev–Trinajstić information content (AvgIpc) is 2.59. The van der Waals surface area contributed by atoms with Gasteiger partial charge in [0.15, 0.2) is 0 Å². The van der Waals surface area contributed by atoms with E-state index in [0.717, 1.165) is 11.3 Å². The molecule has 0 aromatic carbocycles. The average molecular weight is 270 g/mol. The fraction of sp³-hybridized carbons (Fsp3) is 0.300. The van der Waals surface area contributed by atoms with Crippen LogP contribution in [-0.4, -0.2) is 17.8 Å². The van der Waals surface area contributed by atoms with Crippen molar-refractivity contribution < 1.29 is 14.4 Å². The second-order valence-electron chi connectivity index (χ2n) is 3.85. The number of anilines is 2. The third kappa shape index (κ3) is 3.45. The first-order valence-corrected chi connectivity index (χ1v) is 5.94. The molecule has 0 aliphatic carbocycles. The quantitative estimate of drug-likeness (QED) is 0.649. The second-order valence-corrected chi connectivity index (χ2v) is 4.90. The van der Waals surface area contributed by atoms with Crippen molar-refractivity contribution in [2.45, 2.75) is 13.8 Å². The van der Waals surface area contributed by atoms with Gasteiger partial charge < -0.3 is 16.8 Å². The summed E-state index contributed by atoms with van der Waals surface area (Å²) in [6, 6.07) is 0.597. The molecule has 6 N–H and O–H groups in total. The zero-order chi connectivity index (χ0) is 13.9. The molecule has 0 radical (unpaired) electrons. The van der Waals surface area contributed by atoms with E-state index in [1.54, 1.807) is 13.8 Å². The molecular formula is C10H14N4O3S. The summed E-state index contributed by atoms with van der Waals surface area (Å²) in [5.74, 6) is -1.10. The maximum atomic E-state index is 11.5. The minimum Gasteiger partial charge on any atom is -0.366 e.